The minimum absolute atomic E-state index is 0.0436. The maximum atomic E-state index is 12.6. The second-order valence-corrected chi connectivity index (χ2v) is 8.03. The number of methoxy groups -OCH3 is 1. The van der Waals surface area contributed by atoms with Crippen molar-refractivity contribution in [2.45, 2.75) is 18.9 Å². The number of rotatable bonds is 7. The van der Waals surface area contributed by atoms with Crippen LogP contribution in [0.15, 0.2) is 53.0 Å². The van der Waals surface area contributed by atoms with Gasteiger partial charge in [0, 0.05) is 23.8 Å². The Kier molecular flexibility index (Phi) is 6.87. The second kappa shape index (κ2) is 9.37. The lowest BCUT2D eigenvalue weighted by atomic mass is 10.1. The van der Waals surface area contributed by atoms with Crippen LogP contribution in [-0.4, -0.2) is 53.5 Å². The van der Waals surface area contributed by atoms with Crippen LogP contribution in [0.2, 0.25) is 0 Å². The predicted molar refractivity (Wildman–Crippen MR) is 120 cm³/mol. The molecule has 0 aliphatic carbocycles. The highest BCUT2D eigenvalue weighted by Crippen LogP contribution is 2.22. The maximum absolute atomic E-state index is 12.6. The van der Waals surface area contributed by atoms with Crippen LogP contribution in [0.1, 0.15) is 12.0 Å². The first-order chi connectivity index (χ1) is 13.9. The summed E-state index contributed by atoms with van der Waals surface area (Å²) in [6, 6.07) is 14.5. The van der Waals surface area contributed by atoms with Crippen molar-refractivity contribution in [1.82, 2.24) is 9.80 Å². The summed E-state index contributed by atoms with van der Waals surface area (Å²) >= 11 is 8.81. The Bertz CT molecular complexity index is 902. The first-order valence-corrected chi connectivity index (χ1v) is 10.4. The van der Waals surface area contributed by atoms with Crippen LogP contribution < -0.4 is 10.1 Å². The molecular weight excluding hydrogens is 454 g/mol. The minimum Gasteiger partial charge on any atom is -0.497 e. The van der Waals surface area contributed by atoms with Gasteiger partial charge in [-0.1, -0.05) is 28.1 Å². The number of amides is 2. The normalized spacial score (nSPS) is 16.3. The van der Waals surface area contributed by atoms with E-state index >= 15 is 0 Å². The number of carbonyl (C=O) groups excluding carboxylic acids is 2. The number of nitrogens with zero attached hydrogens (tertiary/aromatic N) is 2. The summed E-state index contributed by atoms with van der Waals surface area (Å²) in [6.45, 7) is 0.553. The largest absolute Gasteiger partial charge is 0.497 e. The third-order valence-electron chi connectivity index (χ3n) is 4.83. The molecule has 0 bridgehead atoms. The van der Waals surface area contributed by atoms with Crippen molar-refractivity contribution in [1.29, 1.82) is 0 Å². The third kappa shape index (κ3) is 5.13. The second-order valence-electron chi connectivity index (χ2n) is 6.75. The minimum atomic E-state index is -0.596. The molecule has 0 radical (unpaired) electrons. The van der Waals surface area contributed by atoms with Crippen molar-refractivity contribution >= 4 is 50.8 Å². The number of ether oxygens (including phenoxy) is 1. The van der Waals surface area contributed by atoms with Gasteiger partial charge in [-0.3, -0.25) is 14.5 Å². The molecule has 2 aromatic rings. The van der Waals surface area contributed by atoms with Gasteiger partial charge in [-0.05, 0) is 60.6 Å². The fraction of sp³-hybridized carbons (Fsp3) is 0.286. The van der Waals surface area contributed by atoms with Crippen molar-refractivity contribution < 1.29 is 14.3 Å². The number of halogens is 1. The van der Waals surface area contributed by atoms with Crippen molar-refractivity contribution in [3.05, 3.63) is 58.6 Å². The van der Waals surface area contributed by atoms with Gasteiger partial charge in [0.05, 0.1) is 13.5 Å². The van der Waals surface area contributed by atoms with Crippen molar-refractivity contribution in [2.75, 3.05) is 26.0 Å². The van der Waals surface area contributed by atoms with E-state index in [-0.39, 0.29) is 18.2 Å². The van der Waals surface area contributed by atoms with E-state index in [1.54, 1.807) is 26.3 Å². The van der Waals surface area contributed by atoms with Crippen LogP contribution in [0.5, 0.6) is 5.75 Å². The summed E-state index contributed by atoms with van der Waals surface area (Å²) in [5, 5.41) is 3.29. The van der Waals surface area contributed by atoms with Crippen LogP contribution in [0.4, 0.5) is 5.69 Å². The lowest BCUT2D eigenvalue weighted by Gasteiger charge is -2.23. The molecule has 2 aromatic carbocycles. The molecule has 1 saturated heterocycles. The van der Waals surface area contributed by atoms with Gasteiger partial charge in [0.2, 0.25) is 5.91 Å². The lowest BCUT2D eigenvalue weighted by molar-refractivity contribution is -0.130. The van der Waals surface area contributed by atoms with E-state index in [2.05, 4.69) is 21.2 Å². The van der Waals surface area contributed by atoms with E-state index in [0.29, 0.717) is 23.8 Å². The molecule has 1 N–H and O–H groups in total. The summed E-state index contributed by atoms with van der Waals surface area (Å²) in [6.07, 6.45) is 0.748. The van der Waals surface area contributed by atoms with E-state index in [1.165, 1.54) is 4.90 Å². The Morgan fingerprint density at radius 1 is 1.17 bits per heavy atom. The molecular formula is C21H22BrN3O3S. The van der Waals surface area contributed by atoms with Crippen LogP contribution >= 0.6 is 28.1 Å². The fourth-order valence-corrected chi connectivity index (χ4v) is 3.76. The third-order valence-corrected chi connectivity index (χ3v) is 5.87. The van der Waals surface area contributed by atoms with Crippen LogP contribution in [0, 0.1) is 0 Å². The quantitative estimate of drug-likeness (QED) is 0.621. The molecule has 0 spiro atoms. The van der Waals surface area contributed by atoms with E-state index < -0.39 is 6.04 Å². The summed E-state index contributed by atoms with van der Waals surface area (Å²) in [4.78, 5) is 28.5. The zero-order chi connectivity index (χ0) is 21.0. The van der Waals surface area contributed by atoms with Crippen molar-refractivity contribution in [3.63, 3.8) is 0 Å². The standard InChI is InChI=1S/C21H22BrN3O3S/c1-24-20(27)18(13-19(26)23-16-7-5-15(22)6-8-16)25(21(24)29)12-11-14-3-9-17(28-2)10-4-14/h3-10,18H,11-13H2,1-2H3,(H,23,26). The molecule has 29 heavy (non-hydrogen) atoms. The number of anilines is 1. The molecule has 6 nitrogen and oxygen atoms in total. The molecule has 152 valence electrons. The molecule has 0 saturated carbocycles. The van der Waals surface area contributed by atoms with Crippen molar-refractivity contribution in [3.8, 4) is 5.75 Å². The smallest absolute Gasteiger partial charge is 0.251 e. The van der Waals surface area contributed by atoms with Crippen LogP contribution in [0.3, 0.4) is 0 Å². The lowest BCUT2D eigenvalue weighted by Crippen LogP contribution is -2.39. The number of hydrogen-bond acceptors (Lipinski definition) is 4. The highest BCUT2D eigenvalue weighted by molar-refractivity contribution is 9.10. The molecule has 8 heteroatoms. The average molecular weight is 476 g/mol. The Labute approximate surface area is 183 Å². The molecule has 0 aromatic heterocycles. The fourth-order valence-electron chi connectivity index (χ4n) is 3.19. The number of thiocarbonyl (C=S) groups is 1. The van der Waals surface area contributed by atoms with Gasteiger partial charge in [-0.25, -0.2) is 0 Å². The molecule has 3 rings (SSSR count). The van der Waals surface area contributed by atoms with Gasteiger partial charge in [-0.2, -0.15) is 0 Å². The SMILES string of the molecule is COc1ccc(CCN2C(=S)N(C)C(=O)C2CC(=O)Nc2ccc(Br)cc2)cc1. The van der Waals surface area contributed by atoms with Crippen LogP contribution in [0.25, 0.3) is 0 Å². The number of hydrogen-bond donors (Lipinski definition) is 1. The molecule has 1 atom stereocenters. The molecule has 2 amide bonds. The molecule has 1 aliphatic rings. The molecule has 1 fully saturated rings. The predicted octanol–water partition coefficient (Wildman–Crippen LogP) is 3.46. The first kappa shape index (κ1) is 21.3. The summed E-state index contributed by atoms with van der Waals surface area (Å²) in [5.41, 5.74) is 1.79. The van der Waals surface area contributed by atoms with Crippen molar-refractivity contribution in [2.24, 2.45) is 0 Å². The van der Waals surface area contributed by atoms with E-state index in [4.69, 9.17) is 17.0 Å². The van der Waals surface area contributed by atoms with E-state index in [9.17, 15) is 9.59 Å². The zero-order valence-electron chi connectivity index (χ0n) is 16.2. The highest BCUT2D eigenvalue weighted by Gasteiger charge is 2.41. The number of nitrogens with one attached hydrogen (secondary N) is 1. The average Bonchev–Trinajstić information content (AvgIpc) is 2.92. The Morgan fingerprint density at radius 3 is 2.45 bits per heavy atom. The van der Waals surface area contributed by atoms with Gasteiger partial charge < -0.3 is 15.0 Å². The monoisotopic (exact) mass is 475 g/mol. The topological polar surface area (TPSA) is 61.9 Å². The maximum Gasteiger partial charge on any atom is 0.251 e. The molecule has 1 unspecified atom stereocenters. The molecule has 1 aliphatic heterocycles. The summed E-state index contributed by atoms with van der Waals surface area (Å²) in [7, 11) is 3.28. The molecule has 1 heterocycles. The van der Waals surface area contributed by atoms with E-state index in [1.807, 2.05) is 41.3 Å². The number of likely N-dealkylation sites (N-methyl/N-ethyl adjacent to an activating group) is 1. The zero-order valence-corrected chi connectivity index (χ0v) is 18.6. The van der Waals surface area contributed by atoms with E-state index in [0.717, 1.165) is 15.8 Å². The summed E-state index contributed by atoms with van der Waals surface area (Å²) in [5.74, 6) is 0.414. The first-order valence-electron chi connectivity index (χ1n) is 9.15. The van der Waals surface area contributed by atoms with Gasteiger partial charge in [-0.15, -0.1) is 0 Å². The highest BCUT2D eigenvalue weighted by atomic mass is 79.9. The van der Waals surface area contributed by atoms with Gasteiger partial charge in [0.25, 0.3) is 5.91 Å². The Balaban J connectivity index is 1.65. The Hall–Kier alpha value is -2.45. The van der Waals surface area contributed by atoms with Gasteiger partial charge in [0.15, 0.2) is 5.11 Å². The number of carbonyl (C=O) groups is 2. The van der Waals surface area contributed by atoms with Gasteiger partial charge in [0.1, 0.15) is 11.8 Å². The summed E-state index contributed by atoms with van der Waals surface area (Å²) < 4.78 is 6.11. The number of benzene rings is 2. The van der Waals surface area contributed by atoms with Crippen LogP contribution in [-0.2, 0) is 16.0 Å². The Morgan fingerprint density at radius 2 is 1.83 bits per heavy atom. The van der Waals surface area contributed by atoms with Gasteiger partial charge >= 0.3 is 0 Å².